The molecule has 18 heavy (non-hydrogen) atoms. The van der Waals surface area contributed by atoms with E-state index in [4.69, 9.17) is 0 Å². The fraction of sp³-hybridized carbons (Fsp3) is 1.00. The van der Waals surface area contributed by atoms with Crippen LogP contribution < -0.4 is 0 Å². The highest BCUT2D eigenvalue weighted by molar-refractivity contribution is 4.96. The van der Waals surface area contributed by atoms with Gasteiger partial charge in [0.1, 0.15) is 0 Å². The molecule has 1 aliphatic heterocycles. The van der Waals surface area contributed by atoms with Gasteiger partial charge < -0.3 is 4.90 Å². The van der Waals surface area contributed by atoms with Crippen LogP contribution in [0.2, 0.25) is 0 Å². The third-order valence-electron chi connectivity index (χ3n) is 4.84. The maximum absolute atomic E-state index is 10.7. The maximum atomic E-state index is 10.7. The molecule has 0 aromatic heterocycles. The smallest absolute Gasteiger partial charge is 0.0886 e. The number of likely N-dealkylation sites (tertiary alicyclic amines) is 1. The zero-order chi connectivity index (χ0) is 13.0. The summed E-state index contributed by atoms with van der Waals surface area (Å²) in [5, 5.41) is 6.14. The molecule has 1 aliphatic carbocycles. The highest BCUT2D eigenvalue weighted by Gasteiger charge is 2.42. The first kappa shape index (κ1) is 13.6. The molecule has 0 unspecified atom stereocenters. The largest absolute Gasteiger partial charge is 0.300 e. The first-order valence-electron chi connectivity index (χ1n) is 7.03. The Labute approximate surface area is 108 Å². The molecule has 0 bridgehead atoms. The number of rotatable bonds is 5. The summed E-state index contributed by atoms with van der Waals surface area (Å²) in [6, 6.07) is 0.504. The lowest BCUT2D eigenvalue weighted by Gasteiger charge is -2.45. The second kappa shape index (κ2) is 5.87. The van der Waals surface area contributed by atoms with Gasteiger partial charge >= 0.3 is 0 Å². The summed E-state index contributed by atoms with van der Waals surface area (Å²) in [7, 11) is 0. The molecule has 1 heterocycles. The molecular weight excluding hydrogens is 230 g/mol. The topological polar surface area (TPSA) is 62.1 Å². The van der Waals surface area contributed by atoms with Gasteiger partial charge in [0.15, 0.2) is 0 Å². The summed E-state index contributed by atoms with van der Waals surface area (Å²) in [6.45, 7) is 5.10. The molecule has 2 aliphatic rings. The van der Waals surface area contributed by atoms with Crippen molar-refractivity contribution in [1.82, 2.24) is 4.90 Å². The quantitative estimate of drug-likeness (QED) is 0.708. The van der Waals surface area contributed by atoms with Crippen molar-refractivity contribution in [1.29, 1.82) is 0 Å². The molecule has 1 saturated carbocycles. The fourth-order valence-corrected chi connectivity index (χ4v) is 3.65. The van der Waals surface area contributed by atoms with Crippen molar-refractivity contribution < 1.29 is 0 Å². The minimum absolute atomic E-state index is 0.246. The lowest BCUT2D eigenvalue weighted by atomic mass is 9.68. The average molecular weight is 253 g/mol. The fourth-order valence-electron chi connectivity index (χ4n) is 3.65. The molecule has 0 spiro atoms. The van der Waals surface area contributed by atoms with Crippen molar-refractivity contribution >= 4 is 0 Å². The van der Waals surface area contributed by atoms with E-state index < -0.39 is 0 Å². The van der Waals surface area contributed by atoms with E-state index in [0.29, 0.717) is 12.0 Å². The molecule has 2 fully saturated rings. The van der Waals surface area contributed by atoms with E-state index in [-0.39, 0.29) is 18.5 Å². The SMILES string of the molecule is C[C@@H]1CCC(CN=O)(CN=O)C[C@H]1N1CCCC1. The van der Waals surface area contributed by atoms with Gasteiger partial charge in [-0.05, 0) is 51.1 Å². The third-order valence-corrected chi connectivity index (χ3v) is 4.84. The third kappa shape index (κ3) is 2.76. The Kier molecular flexibility index (Phi) is 4.43. The van der Waals surface area contributed by atoms with Gasteiger partial charge in [-0.2, -0.15) is 9.81 Å². The molecule has 102 valence electrons. The van der Waals surface area contributed by atoms with Crippen LogP contribution in [0.5, 0.6) is 0 Å². The standard InChI is InChI=1S/C13H23N3O2/c1-11-4-5-13(9-14-17,10-15-18)8-12(11)16-6-2-3-7-16/h11-12H,2-10H2,1H3/t11-,12-/m1/s1. The monoisotopic (exact) mass is 253 g/mol. The van der Waals surface area contributed by atoms with Gasteiger partial charge in [0.25, 0.3) is 0 Å². The Morgan fingerprint density at radius 2 is 1.78 bits per heavy atom. The van der Waals surface area contributed by atoms with Gasteiger partial charge in [-0.25, -0.2) is 0 Å². The van der Waals surface area contributed by atoms with Gasteiger partial charge in [-0.1, -0.05) is 17.3 Å². The molecule has 0 radical (unpaired) electrons. The molecular formula is C13H23N3O2. The van der Waals surface area contributed by atoms with Crippen LogP contribution in [0.15, 0.2) is 10.4 Å². The molecule has 1 saturated heterocycles. The van der Waals surface area contributed by atoms with Crippen LogP contribution in [0.25, 0.3) is 0 Å². The van der Waals surface area contributed by atoms with Crippen LogP contribution in [0.4, 0.5) is 0 Å². The first-order valence-corrected chi connectivity index (χ1v) is 7.03. The minimum atomic E-state index is -0.261. The number of hydrogen-bond acceptors (Lipinski definition) is 5. The van der Waals surface area contributed by atoms with Crippen LogP contribution in [0.3, 0.4) is 0 Å². The Bertz CT molecular complexity index is 293. The van der Waals surface area contributed by atoms with Crippen molar-refractivity contribution in [2.45, 2.75) is 45.1 Å². The van der Waals surface area contributed by atoms with Gasteiger partial charge in [0, 0.05) is 11.5 Å². The maximum Gasteiger partial charge on any atom is 0.0886 e. The Hall–Kier alpha value is -0.840. The summed E-state index contributed by atoms with van der Waals surface area (Å²) in [5.74, 6) is 0.648. The zero-order valence-electron chi connectivity index (χ0n) is 11.2. The van der Waals surface area contributed by atoms with Crippen molar-refractivity contribution in [2.24, 2.45) is 21.7 Å². The van der Waals surface area contributed by atoms with Crippen molar-refractivity contribution in [3.63, 3.8) is 0 Å². The normalized spacial score (nSPS) is 32.3. The van der Waals surface area contributed by atoms with E-state index in [1.165, 1.54) is 12.8 Å². The number of nitrogens with zero attached hydrogens (tertiary/aromatic N) is 3. The van der Waals surface area contributed by atoms with E-state index >= 15 is 0 Å². The van der Waals surface area contributed by atoms with Crippen LogP contribution in [0.1, 0.15) is 39.0 Å². The first-order chi connectivity index (χ1) is 8.71. The van der Waals surface area contributed by atoms with Gasteiger partial charge in [0.2, 0.25) is 0 Å². The van der Waals surface area contributed by atoms with E-state index in [0.717, 1.165) is 32.4 Å². The van der Waals surface area contributed by atoms with E-state index in [2.05, 4.69) is 22.2 Å². The van der Waals surface area contributed by atoms with Gasteiger partial charge in [0.05, 0.1) is 13.1 Å². The van der Waals surface area contributed by atoms with Crippen molar-refractivity contribution in [2.75, 3.05) is 26.2 Å². The Balaban J connectivity index is 2.09. The summed E-state index contributed by atoms with van der Waals surface area (Å²) < 4.78 is 0. The van der Waals surface area contributed by atoms with Crippen molar-refractivity contribution in [3.8, 4) is 0 Å². The molecule has 0 amide bonds. The average Bonchev–Trinajstić information content (AvgIpc) is 2.87. The van der Waals surface area contributed by atoms with E-state index in [9.17, 15) is 9.81 Å². The minimum Gasteiger partial charge on any atom is -0.300 e. The second-order valence-corrected chi connectivity index (χ2v) is 6.10. The van der Waals surface area contributed by atoms with Crippen LogP contribution >= 0.6 is 0 Å². The molecule has 5 heteroatoms. The Morgan fingerprint density at radius 1 is 1.17 bits per heavy atom. The van der Waals surface area contributed by atoms with E-state index in [1.54, 1.807) is 0 Å². The van der Waals surface area contributed by atoms with Crippen LogP contribution in [-0.2, 0) is 0 Å². The summed E-state index contributed by atoms with van der Waals surface area (Å²) >= 11 is 0. The highest BCUT2D eigenvalue weighted by atomic mass is 16.3. The summed E-state index contributed by atoms with van der Waals surface area (Å²) in [4.78, 5) is 23.8. The molecule has 5 nitrogen and oxygen atoms in total. The second-order valence-electron chi connectivity index (χ2n) is 6.10. The predicted molar refractivity (Wildman–Crippen MR) is 71.4 cm³/mol. The zero-order valence-corrected chi connectivity index (χ0v) is 11.2. The molecule has 2 atom stereocenters. The van der Waals surface area contributed by atoms with Gasteiger partial charge in [-0.3, -0.25) is 0 Å². The number of nitroso groups, excluding NO2 is 2. The molecule has 0 aromatic carbocycles. The van der Waals surface area contributed by atoms with Crippen LogP contribution in [0, 0.1) is 21.1 Å². The molecule has 0 aromatic rings. The lowest BCUT2D eigenvalue weighted by molar-refractivity contribution is 0.0591. The number of hydrogen-bond donors (Lipinski definition) is 0. The van der Waals surface area contributed by atoms with Crippen molar-refractivity contribution in [3.05, 3.63) is 9.81 Å². The van der Waals surface area contributed by atoms with Gasteiger partial charge in [-0.15, -0.1) is 0 Å². The predicted octanol–water partition coefficient (Wildman–Crippen LogP) is 2.79. The van der Waals surface area contributed by atoms with Crippen LogP contribution in [-0.4, -0.2) is 37.1 Å². The summed E-state index contributed by atoms with van der Waals surface area (Å²) in [6.07, 6.45) is 5.44. The Morgan fingerprint density at radius 3 is 2.33 bits per heavy atom. The molecule has 2 rings (SSSR count). The lowest BCUT2D eigenvalue weighted by Crippen LogP contribution is -2.48. The highest BCUT2D eigenvalue weighted by Crippen LogP contribution is 2.42. The molecule has 0 N–H and O–H groups in total. The summed E-state index contributed by atoms with van der Waals surface area (Å²) in [5.41, 5.74) is -0.261. The van der Waals surface area contributed by atoms with E-state index in [1.807, 2.05) is 0 Å².